The predicted molar refractivity (Wildman–Crippen MR) is 83.6 cm³/mol. The first kappa shape index (κ1) is 16.4. The minimum atomic E-state index is -0.245. The van der Waals surface area contributed by atoms with Crippen molar-refractivity contribution in [1.82, 2.24) is 9.80 Å². The molecule has 1 aliphatic heterocycles. The molecule has 0 bridgehead atoms. The van der Waals surface area contributed by atoms with Crippen molar-refractivity contribution in [3.63, 3.8) is 0 Å². The molecular formula is C17H27FN2O. The fourth-order valence-corrected chi connectivity index (χ4v) is 3.15. The van der Waals surface area contributed by atoms with Crippen LogP contribution in [0.25, 0.3) is 0 Å². The fraction of sp³-hybridized carbons (Fsp3) is 0.647. The van der Waals surface area contributed by atoms with E-state index in [4.69, 9.17) is 0 Å². The van der Waals surface area contributed by atoms with Crippen molar-refractivity contribution >= 4 is 0 Å². The number of hydrogen-bond donors (Lipinski definition) is 1. The van der Waals surface area contributed by atoms with E-state index in [0.717, 1.165) is 44.6 Å². The zero-order valence-electron chi connectivity index (χ0n) is 13.1. The van der Waals surface area contributed by atoms with Crippen LogP contribution in [0.5, 0.6) is 0 Å². The van der Waals surface area contributed by atoms with Crippen LogP contribution in [0.15, 0.2) is 24.3 Å². The van der Waals surface area contributed by atoms with Crippen LogP contribution < -0.4 is 0 Å². The van der Waals surface area contributed by atoms with Gasteiger partial charge in [-0.05, 0) is 51.9 Å². The molecule has 0 aromatic heterocycles. The summed E-state index contributed by atoms with van der Waals surface area (Å²) in [5.74, 6) is 0.558. The summed E-state index contributed by atoms with van der Waals surface area (Å²) in [6.07, 6.45) is 2.08. The third kappa shape index (κ3) is 5.38. The van der Waals surface area contributed by atoms with E-state index in [1.54, 1.807) is 6.07 Å². The van der Waals surface area contributed by atoms with Gasteiger partial charge in [-0.3, -0.25) is 0 Å². The van der Waals surface area contributed by atoms with Crippen LogP contribution in [0.2, 0.25) is 0 Å². The molecule has 1 aromatic carbocycles. The monoisotopic (exact) mass is 294 g/mol. The van der Waals surface area contributed by atoms with Gasteiger partial charge in [0.2, 0.25) is 0 Å². The third-order valence-corrected chi connectivity index (χ3v) is 4.20. The normalized spacial score (nSPS) is 19.1. The molecule has 0 amide bonds. The van der Waals surface area contributed by atoms with Crippen molar-refractivity contribution in [2.75, 3.05) is 33.2 Å². The van der Waals surface area contributed by atoms with Crippen LogP contribution in [-0.4, -0.2) is 54.2 Å². The highest BCUT2D eigenvalue weighted by Crippen LogP contribution is 2.19. The standard InChI is InChI=1S/C17H27FN2O/c1-14(21)11-20-9-7-15(8-10-20)12-19(2)13-16-5-3-4-6-17(16)18/h3-6,14-15,21H,7-13H2,1-2H3/t14-/m0/s1. The smallest absolute Gasteiger partial charge is 0.127 e. The molecule has 1 saturated heterocycles. The maximum Gasteiger partial charge on any atom is 0.127 e. The third-order valence-electron chi connectivity index (χ3n) is 4.20. The Labute approximate surface area is 127 Å². The van der Waals surface area contributed by atoms with Crippen LogP contribution in [0.4, 0.5) is 4.39 Å². The lowest BCUT2D eigenvalue weighted by atomic mass is 9.96. The highest BCUT2D eigenvalue weighted by Gasteiger charge is 2.21. The average Bonchev–Trinajstić information content (AvgIpc) is 2.43. The van der Waals surface area contributed by atoms with Crippen molar-refractivity contribution in [2.45, 2.75) is 32.4 Å². The van der Waals surface area contributed by atoms with Gasteiger partial charge in [0.25, 0.3) is 0 Å². The van der Waals surface area contributed by atoms with Gasteiger partial charge in [-0.25, -0.2) is 4.39 Å². The van der Waals surface area contributed by atoms with Crippen LogP contribution in [0.1, 0.15) is 25.3 Å². The molecule has 0 unspecified atom stereocenters. The second-order valence-corrected chi connectivity index (χ2v) is 6.38. The molecule has 0 saturated carbocycles. The number of piperidine rings is 1. The maximum atomic E-state index is 13.6. The molecule has 2 rings (SSSR count). The molecule has 1 fully saturated rings. The van der Waals surface area contributed by atoms with Gasteiger partial charge in [-0.15, -0.1) is 0 Å². The zero-order valence-corrected chi connectivity index (χ0v) is 13.1. The van der Waals surface area contributed by atoms with Crippen LogP contribution in [0, 0.1) is 11.7 Å². The molecule has 4 heteroatoms. The van der Waals surface area contributed by atoms with Gasteiger partial charge in [0.1, 0.15) is 5.82 Å². The van der Waals surface area contributed by atoms with Crippen LogP contribution in [0.3, 0.4) is 0 Å². The van der Waals surface area contributed by atoms with E-state index in [-0.39, 0.29) is 11.9 Å². The minimum absolute atomic E-state index is 0.115. The maximum absolute atomic E-state index is 13.6. The lowest BCUT2D eigenvalue weighted by molar-refractivity contribution is 0.0918. The van der Waals surface area contributed by atoms with E-state index in [1.807, 2.05) is 19.1 Å². The molecule has 118 valence electrons. The summed E-state index contributed by atoms with van der Waals surface area (Å²) in [7, 11) is 2.06. The van der Waals surface area contributed by atoms with Gasteiger partial charge in [-0.2, -0.15) is 0 Å². The van der Waals surface area contributed by atoms with Gasteiger partial charge < -0.3 is 14.9 Å². The van der Waals surface area contributed by atoms with E-state index in [0.29, 0.717) is 12.5 Å². The summed E-state index contributed by atoms with van der Waals surface area (Å²) < 4.78 is 13.6. The van der Waals surface area contributed by atoms with E-state index in [9.17, 15) is 9.50 Å². The van der Waals surface area contributed by atoms with E-state index < -0.39 is 0 Å². The Morgan fingerprint density at radius 1 is 1.33 bits per heavy atom. The number of nitrogens with zero attached hydrogens (tertiary/aromatic N) is 2. The SMILES string of the molecule is C[C@H](O)CN1CCC(CN(C)Cc2ccccc2F)CC1. The number of hydrogen-bond acceptors (Lipinski definition) is 3. The Hall–Kier alpha value is -0.970. The lowest BCUT2D eigenvalue weighted by Gasteiger charge is -2.34. The first-order valence-electron chi connectivity index (χ1n) is 7.87. The summed E-state index contributed by atoms with van der Waals surface area (Å²) in [5, 5.41) is 9.42. The first-order valence-corrected chi connectivity index (χ1v) is 7.87. The lowest BCUT2D eigenvalue weighted by Crippen LogP contribution is -2.40. The molecule has 1 N–H and O–H groups in total. The molecule has 1 atom stereocenters. The predicted octanol–water partition coefficient (Wildman–Crippen LogP) is 2.35. The molecule has 0 radical (unpaired) electrons. The van der Waals surface area contributed by atoms with Gasteiger partial charge in [0.05, 0.1) is 6.10 Å². The van der Waals surface area contributed by atoms with E-state index in [1.165, 1.54) is 6.07 Å². The Kier molecular flexibility index (Phi) is 6.15. The Balaban J connectivity index is 1.74. The molecule has 3 nitrogen and oxygen atoms in total. The number of halogens is 1. The Bertz CT molecular complexity index is 431. The summed E-state index contributed by atoms with van der Waals surface area (Å²) in [4.78, 5) is 4.55. The van der Waals surface area contributed by atoms with Crippen LogP contribution in [-0.2, 0) is 6.54 Å². The van der Waals surface area contributed by atoms with Gasteiger partial charge in [-0.1, -0.05) is 18.2 Å². The minimum Gasteiger partial charge on any atom is -0.392 e. The first-order chi connectivity index (χ1) is 10.0. The summed E-state index contributed by atoms with van der Waals surface area (Å²) in [6.45, 7) is 6.41. The van der Waals surface area contributed by atoms with Gasteiger partial charge >= 0.3 is 0 Å². The topological polar surface area (TPSA) is 26.7 Å². The number of β-amino-alcohol motifs (C(OH)–C–C–N with tert-alkyl or cyclic N) is 1. The molecule has 21 heavy (non-hydrogen) atoms. The molecule has 0 spiro atoms. The van der Waals surface area contributed by atoms with Crippen molar-refractivity contribution in [3.8, 4) is 0 Å². The van der Waals surface area contributed by atoms with Gasteiger partial charge in [0, 0.05) is 25.2 Å². The molecule has 1 heterocycles. The van der Waals surface area contributed by atoms with Crippen LogP contribution >= 0.6 is 0 Å². The van der Waals surface area contributed by atoms with E-state index in [2.05, 4.69) is 16.8 Å². The molecule has 1 aromatic rings. The second-order valence-electron chi connectivity index (χ2n) is 6.38. The zero-order chi connectivity index (χ0) is 15.2. The molecule has 1 aliphatic rings. The largest absolute Gasteiger partial charge is 0.392 e. The number of likely N-dealkylation sites (tertiary alicyclic amines) is 1. The highest BCUT2D eigenvalue weighted by atomic mass is 19.1. The molecule has 0 aliphatic carbocycles. The van der Waals surface area contributed by atoms with Crippen molar-refractivity contribution < 1.29 is 9.50 Å². The summed E-state index contributed by atoms with van der Waals surface area (Å²) in [5.41, 5.74) is 0.770. The van der Waals surface area contributed by atoms with Gasteiger partial charge in [0.15, 0.2) is 0 Å². The Morgan fingerprint density at radius 2 is 2.00 bits per heavy atom. The van der Waals surface area contributed by atoms with Crippen molar-refractivity contribution in [3.05, 3.63) is 35.6 Å². The summed E-state index contributed by atoms with van der Waals surface area (Å²) in [6, 6.07) is 7.01. The number of benzene rings is 1. The number of rotatable bonds is 6. The second kappa shape index (κ2) is 7.87. The number of aliphatic hydroxyl groups excluding tert-OH is 1. The fourth-order valence-electron chi connectivity index (χ4n) is 3.15. The van der Waals surface area contributed by atoms with Crippen molar-refractivity contribution in [2.24, 2.45) is 5.92 Å². The quantitative estimate of drug-likeness (QED) is 0.872. The average molecular weight is 294 g/mol. The number of aliphatic hydroxyl groups is 1. The highest BCUT2D eigenvalue weighted by molar-refractivity contribution is 5.16. The molecular weight excluding hydrogens is 267 g/mol. The van der Waals surface area contributed by atoms with E-state index >= 15 is 0 Å². The Morgan fingerprint density at radius 3 is 2.62 bits per heavy atom. The van der Waals surface area contributed by atoms with Crippen molar-refractivity contribution in [1.29, 1.82) is 0 Å². The summed E-state index contributed by atoms with van der Waals surface area (Å²) >= 11 is 0.